The fraction of sp³-hybridized carbons (Fsp3) is 0.182. The fourth-order valence-electron chi connectivity index (χ4n) is 1.73. The molecule has 2 heterocycles. The summed E-state index contributed by atoms with van der Waals surface area (Å²) in [5, 5.41) is 1.83. The molecule has 0 saturated carbocycles. The van der Waals surface area contributed by atoms with Crippen molar-refractivity contribution in [3.8, 4) is 5.88 Å². The van der Waals surface area contributed by atoms with Crippen LogP contribution in [0.1, 0.15) is 5.56 Å². The molecule has 0 radical (unpaired) electrons. The average molecular weight is 206 g/mol. The fourth-order valence-corrected chi connectivity index (χ4v) is 1.89. The van der Waals surface area contributed by atoms with Gasteiger partial charge in [-0.05, 0) is 18.2 Å². The van der Waals surface area contributed by atoms with Crippen molar-refractivity contribution in [3.05, 3.63) is 34.9 Å². The first-order valence-corrected chi connectivity index (χ1v) is 4.93. The number of halogens is 1. The maximum atomic E-state index is 5.89. The van der Waals surface area contributed by atoms with Crippen molar-refractivity contribution < 1.29 is 4.74 Å². The minimum Gasteiger partial charge on any atom is -0.477 e. The first kappa shape index (κ1) is 8.06. The van der Waals surface area contributed by atoms with Crippen LogP contribution in [0.4, 0.5) is 0 Å². The van der Waals surface area contributed by atoms with Gasteiger partial charge in [0.05, 0.1) is 12.1 Å². The molecule has 0 amide bonds. The average Bonchev–Trinajstić information content (AvgIpc) is 2.61. The van der Waals surface area contributed by atoms with Crippen molar-refractivity contribution in [2.45, 2.75) is 6.42 Å². The second-order valence-electron chi connectivity index (χ2n) is 3.39. The molecule has 70 valence electrons. The van der Waals surface area contributed by atoms with E-state index < -0.39 is 0 Å². The van der Waals surface area contributed by atoms with Gasteiger partial charge in [-0.15, -0.1) is 0 Å². The van der Waals surface area contributed by atoms with E-state index in [4.69, 9.17) is 16.3 Å². The largest absolute Gasteiger partial charge is 0.477 e. The summed E-state index contributed by atoms with van der Waals surface area (Å²) in [4.78, 5) is 4.41. The van der Waals surface area contributed by atoms with Crippen LogP contribution >= 0.6 is 11.6 Å². The van der Waals surface area contributed by atoms with Gasteiger partial charge in [0.15, 0.2) is 0 Å². The van der Waals surface area contributed by atoms with Gasteiger partial charge in [-0.25, -0.2) is 4.98 Å². The Hall–Kier alpha value is -1.28. The zero-order valence-corrected chi connectivity index (χ0v) is 8.21. The molecule has 0 spiro atoms. The molecular weight excluding hydrogens is 198 g/mol. The van der Waals surface area contributed by atoms with Crippen LogP contribution in [0.25, 0.3) is 10.9 Å². The van der Waals surface area contributed by atoms with Crippen LogP contribution in [-0.4, -0.2) is 11.6 Å². The Labute approximate surface area is 86.5 Å². The van der Waals surface area contributed by atoms with Gasteiger partial charge in [0, 0.05) is 22.4 Å². The predicted molar refractivity (Wildman–Crippen MR) is 56.0 cm³/mol. The summed E-state index contributed by atoms with van der Waals surface area (Å²) in [6.07, 6.45) is 0.959. The molecule has 3 heteroatoms. The summed E-state index contributed by atoms with van der Waals surface area (Å²) in [6.45, 7) is 0.742. The van der Waals surface area contributed by atoms with Gasteiger partial charge in [0.2, 0.25) is 5.88 Å². The van der Waals surface area contributed by atoms with Crippen LogP contribution in [0.15, 0.2) is 24.3 Å². The molecule has 0 aliphatic carbocycles. The highest BCUT2D eigenvalue weighted by Crippen LogP contribution is 2.28. The SMILES string of the molecule is Clc1ccc2cc3c(nc2c1)OCC3. The Kier molecular flexibility index (Phi) is 1.64. The zero-order valence-electron chi connectivity index (χ0n) is 7.46. The molecule has 14 heavy (non-hydrogen) atoms. The zero-order chi connectivity index (χ0) is 9.54. The lowest BCUT2D eigenvalue weighted by molar-refractivity contribution is 0.346. The first-order chi connectivity index (χ1) is 6.83. The molecule has 3 rings (SSSR count). The molecule has 0 bridgehead atoms. The maximum Gasteiger partial charge on any atom is 0.217 e. The van der Waals surface area contributed by atoms with Crippen molar-refractivity contribution in [1.82, 2.24) is 4.98 Å². The molecule has 0 N–H and O–H groups in total. The second-order valence-corrected chi connectivity index (χ2v) is 3.82. The van der Waals surface area contributed by atoms with Crippen LogP contribution in [0.3, 0.4) is 0 Å². The first-order valence-electron chi connectivity index (χ1n) is 4.55. The van der Waals surface area contributed by atoms with E-state index in [1.165, 1.54) is 5.56 Å². The lowest BCUT2D eigenvalue weighted by atomic mass is 10.1. The third-order valence-electron chi connectivity index (χ3n) is 2.43. The number of benzene rings is 1. The Balaban J connectivity index is 2.33. The number of pyridine rings is 1. The van der Waals surface area contributed by atoms with E-state index in [-0.39, 0.29) is 0 Å². The van der Waals surface area contributed by atoms with Crippen molar-refractivity contribution in [3.63, 3.8) is 0 Å². The molecule has 1 aromatic heterocycles. The Morgan fingerprint density at radius 3 is 3.14 bits per heavy atom. The van der Waals surface area contributed by atoms with Gasteiger partial charge in [-0.3, -0.25) is 0 Å². The van der Waals surface area contributed by atoms with E-state index in [1.807, 2.05) is 18.2 Å². The van der Waals surface area contributed by atoms with Gasteiger partial charge >= 0.3 is 0 Å². The van der Waals surface area contributed by atoms with Crippen molar-refractivity contribution >= 4 is 22.5 Å². The monoisotopic (exact) mass is 205 g/mol. The minimum atomic E-state index is 0.711. The lowest BCUT2D eigenvalue weighted by Crippen LogP contribution is -1.88. The number of rotatable bonds is 0. The van der Waals surface area contributed by atoms with Crippen LogP contribution in [0, 0.1) is 0 Å². The second kappa shape index (κ2) is 2.85. The summed E-state index contributed by atoms with van der Waals surface area (Å²) in [6, 6.07) is 7.86. The van der Waals surface area contributed by atoms with Crippen molar-refractivity contribution in [2.75, 3.05) is 6.61 Å². The molecular formula is C11H8ClNO. The van der Waals surface area contributed by atoms with E-state index in [2.05, 4.69) is 11.1 Å². The van der Waals surface area contributed by atoms with Gasteiger partial charge < -0.3 is 4.74 Å². The highest BCUT2D eigenvalue weighted by molar-refractivity contribution is 6.31. The number of aromatic nitrogens is 1. The number of fused-ring (bicyclic) bond motifs is 2. The highest BCUT2D eigenvalue weighted by Gasteiger charge is 2.14. The van der Waals surface area contributed by atoms with Crippen molar-refractivity contribution in [1.29, 1.82) is 0 Å². The lowest BCUT2D eigenvalue weighted by Gasteiger charge is -2.01. The summed E-state index contributed by atoms with van der Waals surface area (Å²) < 4.78 is 5.39. The molecule has 0 atom stereocenters. The molecule has 2 aromatic rings. The van der Waals surface area contributed by atoms with Crippen LogP contribution in [-0.2, 0) is 6.42 Å². The molecule has 0 saturated heterocycles. The number of hydrogen-bond donors (Lipinski definition) is 0. The van der Waals surface area contributed by atoms with Crippen LogP contribution < -0.4 is 4.74 Å². The Morgan fingerprint density at radius 2 is 2.21 bits per heavy atom. The smallest absolute Gasteiger partial charge is 0.217 e. The summed E-state index contributed by atoms with van der Waals surface area (Å²) in [5.41, 5.74) is 2.10. The Bertz CT molecular complexity index is 510. The topological polar surface area (TPSA) is 22.1 Å². The van der Waals surface area contributed by atoms with E-state index >= 15 is 0 Å². The van der Waals surface area contributed by atoms with E-state index in [9.17, 15) is 0 Å². The molecule has 1 aliphatic heterocycles. The molecule has 1 aliphatic rings. The Morgan fingerprint density at radius 1 is 1.29 bits per heavy atom. The third kappa shape index (κ3) is 1.15. The van der Waals surface area contributed by atoms with Gasteiger partial charge in [-0.1, -0.05) is 17.7 Å². The highest BCUT2D eigenvalue weighted by atomic mass is 35.5. The maximum absolute atomic E-state index is 5.89. The summed E-state index contributed by atoms with van der Waals surface area (Å²) in [5.74, 6) is 0.764. The quantitative estimate of drug-likeness (QED) is 0.660. The van der Waals surface area contributed by atoms with E-state index in [1.54, 1.807) is 0 Å². The number of nitrogens with zero attached hydrogens (tertiary/aromatic N) is 1. The summed E-state index contributed by atoms with van der Waals surface area (Å²) in [7, 11) is 0. The third-order valence-corrected chi connectivity index (χ3v) is 2.66. The minimum absolute atomic E-state index is 0.711. The van der Waals surface area contributed by atoms with E-state index in [0.717, 1.165) is 29.8 Å². The van der Waals surface area contributed by atoms with Gasteiger partial charge in [0.1, 0.15) is 0 Å². The number of ether oxygens (including phenoxy) is 1. The summed E-state index contributed by atoms with van der Waals surface area (Å²) >= 11 is 5.89. The predicted octanol–water partition coefficient (Wildman–Crippen LogP) is 2.82. The number of hydrogen-bond acceptors (Lipinski definition) is 2. The molecule has 1 aromatic carbocycles. The van der Waals surface area contributed by atoms with Crippen LogP contribution in [0.2, 0.25) is 5.02 Å². The van der Waals surface area contributed by atoms with Crippen molar-refractivity contribution in [2.24, 2.45) is 0 Å². The van der Waals surface area contributed by atoms with Crippen LogP contribution in [0.5, 0.6) is 5.88 Å². The molecule has 0 fully saturated rings. The van der Waals surface area contributed by atoms with Gasteiger partial charge in [-0.2, -0.15) is 0 Å². The molecule has 0 unspecified atom stereocenters. The normalized spacial score (nSPS) is 14.1. The van der Waals surface area contributed by atoms with E-state index in [0.29, 0.717) is 5.02 Å². The standard InChI is InChI=1S/C11H8ClNO/c12-9-2-1-7-5-8-3-4-14-11(8)13-10(7)6-9/h1-2,5-6H,3-4H2. The van der Waals surface area contributed by atoms with Gasteiger partial charge in [0.25, 0.3) is 0 Å². The molecule has 2 nitrogen and oxygen atoms in total.